The number of benzene rings is 1. The lowest BCUT2D eigenvalue weighted by Gasteiger charge is -2.23. The number of aromatic nitrogens is 1. The summed E-state index contributed by atoms with van der Waals surface area (Å²) < 4.78 is 6.01. The highest BCUT2D eigenvalue weighted by Crippen LogP contribution is 2.27. The lowest BCUT2D eigenvalue weighted by atomic mass is 10.1. The molecule has 0 aliphatic carbocycles. The largest absolute Gasteiger partial charge is 0.459 e. The van der Waals surface area contributed by atoms with Crippen LogP contribution in [0.25, 0.3) is 11.0 Å². The number of rotatable bonds is 5. The number of anilines is 1. The molecular weight excluding hydrogens is 310 g/mol. The average Bonchev–Trinajstić information content (AvgIpc) is 3.31. The molecule has 3 aromatic rings. The van der Waals surface area contributed by atoms with Gasteiger partial charge in [-0.2, -0.15) is 0 Å². The Balaban J connectivity index is 1.44. The Morgan fingerprint density at radius 2 is 1.96 bits per heavy atom. The van der Waals surface area contributed by atoms with E-state index >= 15 is 0 Å². The summed E-state index contributed by atoms with van der Waals surface area (Å²) in [7, 11) is 2.13. The van der Waals surface area contributed by atoms with Crippen LogP contribution in [0.3, 0.4) is 0 Å². The molecule has 4 heteroatoms. The van der Waals surface area contributed by atoms with Crippen molar-refractivity contribution < 1.29 is 4.42 Å². The third kappa shape index (κ3) is 3.40. The fourth-order valence-electron chi connectivity index (χ4n) is 3.49. The van der Waals surface area contributed by atoms with Gasteiger partial charge in [-0.15, -0.1) is 0 Å². The second-order valence-corrected chi connectivity index (χ2v) is 7.00. The first-order chi connectivity index (χ1) is 12.2. The Hall–Kier alpha value is -2.33. The van der Waals surface area contributed by atoms with Crippen molar-refractivity contribution in [3.8, 4) is 0 Å². The number of furan rings is 1. The van der Waals surface area contributed by atoms with Crippen LogP contribution in [0.4, 0.5) is 5.82 Å². The lowest BCUT2D eigenvalue weighted by molar-refractivity contribution is 0.226. The number of fused-ring (bicyclic) bond motifs is 1. The van der Waals surface area contributed by atoms with Crippen molar-refractivity contribution in [2.24, 2.45) is 0 Å². The van der Waals surface area contributed by atoms with Crippen molar-refractivity contribution >= 4 is 16.8 Å². The Morgan fingerprint density at radius 3 is 2.68 bits per heavy atom. The SMILES string of the molecule is CC(c1cc2ccccc2o1)N(C)Cc1ccc(N2CCCC2)nc1. The van der Waals surface area contributed by atoms with Gasteiger partial charge >= 0.3 is 0 Å². The zero-order valence-corrected chi connectivity index (χ0v) is 15.0. The maximum atomic E-state index is 6.01. The van der Waals surface area contributed by atoms with E-state index in [-0.39, 0.29) is 6.04 Å². The summed E-state index contributed by atoms with van der Waals surface area (Å²) in [6.45, 7) is 5.31. The predicted molar refractivity (Wildman–Crippen MR) is 102 cm³/mol. The molecule has 0 saturated carbocycles. The molecule has 0 amide bonds. The van der Waals surface area contributed by atoms with Gasteiger partial charge in [-0.1, -0.05) is 24.3 Å². The number of hydrogen-bond acceptors (Lipinski definition) is 4. The minimum Gasteiger partial charge on any atom is -0.459 e. The molecule has 1 atom stereocenters. The highest BCUT2D eigenvalue weighted by Gasteiger charge is 2.17. The monoisotopic (exact) mass is 335 g/mol. The van der Waals surface area contributed by atoms with Crippen LogP contribution in [0.2, 0.25) is 0 Å². The number of pyridine rings is 1. The van der Waals surface area contributed by atoms with Crippen LogP contribution in [0, 0.1) is 0 Å². The van der Waals surface area contributed by atoms with Crippen LogP contribution in [0.5, 0.6) is 0 Å². The fourth-order valence-corrected chi connectivity index (χ4v) is 3.49. The third-order valence-corrected chi connectivity index (χ3v) is 5.19. The zero-order valence-electron chi connectivity index (χ0n) is 15.0. The van der Waals surface area contributed by atoms with E-state index in [0.717, 1.165) is 42.2 Å². The molecule has 1 saturated heterocycles. The molecule has 0 bridgehead atoms. The summed E-state index contributed by atoms with van der Waals surface area (Å²) in [4.78, 5) is 9.32. The maximum absolute atomic E-state index is 6.01. The first-order valence-electron chi connectivity index (χ1n) is 9.09. The summed E-state index contributed by atoms with van der Waals surface area (Å²) >= 11 is 0. The Morgan fingerprint density at radius 1 is 1.16 bits per heavy atom. The molecule has 1 aliphatic rings. The topological polar surface area (TPSA) is 32.5 Å². The van der Waals surface area contributed by atoms with E-state index in [1.54, 1.807) is 0 Å². The molecule has 3 heterocycles. The molecule has 1 aromatic carbocycles. The van der Waals surface area contributed by atoms with Crippen LogP contribution in [-0.2, 0) is 6.54 Å². The van der Waals surface area contributed by atoms with E-state index in [1.165, 1.54) is 18.4 Å². The molecule has 4 nitrogen and oxygen atoms in total. The first kappa shape index (κ1) is 16.2. The van der Waals surface area contributed by atoms with Gasteiger partial charge in [-0.25, -0.2) is 4.98 Å². The molecule has 1 unspecified atom stereocenters. The highest BCUT2D eigenvalue weighted by atomic mass is 16.3. The molecule has 0 N–H and O–H groups in total. The molecule has 2 aromatic heterocycles. The van der Waals surface area contributed by atoms with Crippen molar-refractivity contribution in [3.63, 3.8) is 0 Å². The van der Waals surface area contributed by atoms with Crippen LogP contribution >= 0.6 is 0 Å². The maximum Gasteiger partial charge on any atom is 0.134 e. The van der Waals surface area contributed by atoms with E-state index in [0.29, 0.717) is 0 Å². The molecule has 25 heavy (non-hydrogen) atoms. The molecule has 4 rings (SSSR count). The highest BCUT2D eigenvalue weighted by molar-refractivity contribution is 5.77. The molecule has 1 aliphatic heterocycles. The second-order valence-electron chi connectivity index (χ2n) is 7.00. The third-order valence-electron chi connectivity index (χ3n) is 5.19. The van der Waals surface area contributed by atoms with E-state index < -0.39 is 0 Å². The van der Waals surface area contributed by atoms with E-state index in [9.17, 15) is 0 Å². The zero-order chi connectivity index (χ0) is 17.2. The second kappa shape index (κ2) is 6.89. The van der Waals surface area contributed by atoms with Gasteiger partial charge in [0, 0.05) is 31.2 Å². The first-order valence-corrected chi connectivity index (χ1v) is 9.09. The quantitative estimate of drug-likeness (QED) is 0.681. The smallest absolute Gasteiger partial charge is 0.134 e. The van der Waals surface area contributed by atoms with E-state index in [2.05, 4.69) is 53.0 Å². The van der Waals surface area contributed by atoms with Gasteiger partial charge in [-0.05, 0) is 50.6 Å². The van der Waals surface area contributed by atoms with Gasteiger partial charge in [0.15, 0.2) is 0 Å². The molecule has 1 fully saturated rings. The predicted octanol–water partition coefficient (Wildman–Crippen LogP) is 4.62. The minimum atomic E-state index is 0.214. The summed E-state index contributed by atoms with van der Waals surface area (Å²) in [5, 5.41) is 1.16. The summed E-state index contributed by atoms with van der Waals surface area (Å²) in [6, 6.07) is 14.9. The van der Waals surface area contributed by atoms with Gasteiger partial charge < -0.3 is 9.32 Å². The molecule has 0 spiro atoms. The van der Waals surface area contributed by atoms with Gasteiger partial charge in [-0.3, -0.25) is 4.90 Å². The van der Waals surface area contributed by atoms with Crippen molar-refractivity contribution in [1.29, 1.82) is 0 Å². The lowest BCUT2D eigenvalue weighted by Crippen LogP contribution is -2.22. The van der Waals surface area contributed by atoms with E-state index in [1.807, 2.05) is 24.4 Å². The van der Waals surface area contributed by atoms with Crippen molar-refractivity contribution in [2.75, 3.05) is 25.0 Å². The Kier molecular flexibility index (Phi) is 4.45. The number of hydrogen-bond donors (Lipinski definition) is 0. The van der Waals surface area contributed by atoms with Gasteiger partial charge in [0.2, 0.25) is 0 Å². The van der Waals surface area contributed by atoms with Crippen LogP contribution in [0.1, 0.15) is 37.1 Å². The summed E-state index contributed by atoms with van der Waals surface area (Å²) in [6.07, 6.45) is 4.57. The summed E-state index contributed by atoms with van der Waals surface area (Å²) in [5.74, 6) is 2.11. The fraction of sp³-hybridized carbons (Fsp3) is 0.381. The number of nitrogens with zero attached hydrogens (tertiary/aromatic N) is 3. The van der Waals surface area contributed by atoms with Crippen LogP contribution < -0.4 is 4.90 Å². The molecule has 130 valence electrons. The Bertz CT molecular complexity index is 801. The Labute approximate surface area is 149 Å². The standard InChI is InChI=1S/C21H25N3O/c1-16(20-13-18-7-3-4-8-19(18)25-20)23(2)15-17-9-10-21(22-14-17)24-11-5-6-12-24/h3-4,7-10,13-14,16H,5-6,11-12,15H2,1-2H3. The van der Waals surface area contributed by atoms with Gasteiger partial charge in [0.25, 0.3) is 0 Å². The van der Waals surface area contributed by atoms with Crippen molar-refractivity contribution in [1.82, 2.24) is 9.88 Å². The normalized spacial score (nSPS) is 16.0. The number of para-hydroxylation sites is 1. The minimum absolute atomic E-state index is 0.214. The van der Waals surface area contributed by atoms with E-state index in [4.69, 9.17) is 4.42 Å². The average molecular weight is 335 g/mol. The van der Waals surface area contributed by atoms with Crippen molar-refractivity contribution in [2.45, 2.75) is 32.4 Å². The molecule has 0 radical (unpaired) electrons. The summed E-state index contributed by atoms with van der Waals surface area (Å²) in [5.41, 5.74) is 2.18. The van der Waals surface area contributed by atoms with Crippen LogP contribution in [-0.4, -0.2) is 30.0 Å². The van der Waals surface area contributed by atoms with Gasteiger partial charge in [0.1, 0.15) is 17.2 Å². The molecular formula is C21H25N3O. The van der Waals surface area contributed by atoms with Crippen molar-refractivity contribution in [3.05, 3.63) is 60.0 Å². The van der Waals surface area contributed by atoms with Crippen LogP contribution in [0.15, 0.2) is 53.1 Å². The van der Waals surface area contributed by atoms with Gasteiger partial charge in [0.05, 0.1) is 6.04 Å².